The van der Waals surface area contributed by atoms with E-state index in [2.05, 4.69) is 25.9 Å². The highest BCUT2D eigenvalue weighted by Crippen LogP contribution is 2.28. The number of ketones is 1. The van der Waals surface area contributed by atoms with Crippen LogP contribution in [0.2, 0.25) is 5.02 Å². The quantitative estimate of drug-likeness (QED) is 0.786. The highest BCUT2D eigenvalue weighted by molar-refractivity contribution is 6.34. The van der Waals surface area contributed by atoms with Crippen LogP contribution >= 0.6 is 11.6 Å². The van der Waals surface area contributed by atoms with Gasteiger partial charge in [0.2, 0.25) is 5.78 Å². The number of hydrogen-bond donors (Lipinski definition) is 0. The van der Waals surface area contributed by atoms with Crippen LogP contribution in [0.5, 0.6) is 0 Å². The van der Waals surface area contributed by atoms with Gasteiger partial charge in [-0.1, -0.05) is 56.6 Å². The highest BCUT2D eigenvalue weighted by Gasteiger charge is 2.24. The number of carbonyl (C=O) groups is 1. The van der Waals surface area contributed by atoms with Gasteiger partial charge in [0.25, 0.3) is 0 Å². The van der Waals surface area contributed by atoms with E-state index in [9.17, 15) is 4.79 Å². The van der Waals surface area contributed by atoms with E-state index in [0.717, 1.165) is 5.56 Å². The number of aryl methyl sites for hydroxylation is 1. The highest BCUT2D eigenvalue weighted by atomic mass is 35.5. The predicted octanol–water partition coefficient (Wildman–Crippen LogP) is 3.60. The molecule has 0 aliphatic carbocycles. The van der Waals surface area contributed by atoms with Gasteiger partial charge in [0, 0.05) is 12.6 Å². The Bertz CT molecular complexity index is 604. The number of hydrogen-bond acceptors (Lipinski definition) is 2. The summed E-state index contributed by atoms with van der Waals surface area (Å²) in [6.07, 6.45) is 1.49. The molecule has 0 fully saturated rings. The summed E-state index contributed by atoms with van der Waals surface area (Å²) in [5, 5.41) is 4.40. The molecule has 2 rings (SSSR count). The molecule has 0 bridgehead atoms. The summed E-state index contributed by atoms with van der Waals surface area (Å²) < 4.78 is 1.52. The number of benzene rings is 1. The Morgan fingerprint density at radius 3 is 2.42 bits per heavy atom. The van der Waals surface area contributed by atoms with Crippen molar-refractivity contribution < 1.29 is 4.79 Å². The lowest BCUT2D eigenvalue weighted by Gasteiger charge is -2.22. The van der Waals surface area contributed by atoms with E-state index >= 15 is 0 Å². The first-order valence-electron chi connectivity index (χ1n) is 6.14. The maximum atomic E-state index is 12.7. The van der Waals surface area contributed by atoms with Gasteiger partial charge in [0.05, 0.1) is 11.2 Å². The maximum Gasteiger partial charge on any atom is 0.212 e. The summed E-state index contributed by atoms with van der Waals surface area (Å²) in [4.78, 5) is 12.7. The lowest BCUT2D eigenvalue weighted by Crippen LogP contribution is -2.18. The monoisotopic (exact) mass is 276 g/mol. The molecular formula is C15H17ClN2O. The molecule has 4 heteroatoms. The van der Waals surface area contributed by atoms with E-state index in [1.54, 1.807) is 7.05 Å². The molecule has 1 aromatic carbocycles. The van der Waals surface area contributed by atoms with Crippen LogP contribution in [0.4, 0.5) is 0 Å². The average molecular weight is 277 g/mol. The second kappa shape index (κ2) is 4.82. The molecule has 0 amide bonds. The molecule has 0 saturated carbocycles. The zero-order valence-corrected chi connectivity index (χ0v) is 12.3. The van der Waals surface area contributed by atoms with E-state index in [0.29, 0.717) is 16.3 Å². The third-order valence-electron chi connectivity index (χ3n) is 3.09. The molecule has 19 heavy (non-hydrogen) atoms. The smallest absolute Gasteiger partial charge is 0.212 e. The van der Waals surface area contributed by atoms with Crippen molar-refractivity contribution in [2.24, 2.45) is 7.05 Å². The summed E-state index contributed by atoms with van der Waals surface area (Å²) in [6.45, 7) is 6.26. The van der Waals surface area contributed by atoms with Gasteiger partial charge in [-0.25, -0.2) is 0 Å². The van der Waals surface area contributed by atoms with Crippen LogP contribution in [0.3, 0.4) is 0 Å². The molecule has 3 nitrogen and oxygen atoms in total. The van der Waals surface area contributed by atoms with Gasteiger partial charge in [-0.3, -0.25) is 9.48 Å². The Balaban J connectivity index is 2.58. The Morgan fingerprint density at radius 1 is 1.26 bits per heavy atom. The van der Waals surface area contributed by atoms with Crippen molar-refractivity contribution in [3.8, 4) is 0 Å². The molecule has 0 aliphatic rings. The summed E-state index contributed by atoms with van der Waals surface area (Å²) in [5.74, 6) is -0.0875. The van der Waals surface area contributed by atoms with Crippen LogP contribution in [0.15, 0.2) is 30.5 Å². The average Bonchev–Trinajstić information content (AvgIpc) is 2.67. The molecule has 0 aliphatic heterocycles. The lowest BCUT2D eigenvalue weighted by atomic mass is 9.82. The van der Waals surface area contributed by atoms with Gasteiger partial charge in [-0.2, -0.15) is 5.10 Å². The van der Waals surface area contributed by atoms with Crippen molar-refractivity contribution in [3.05, 3.63) is 52.3 Å². The predicted molar refractivity (Wildman–Crippen MR) is 76.8 cm³/mol. The lowest BCUT2D eigenvalue weighted by molar-refractivity contribution is 0.102. The van der Waals surface area contributed by atoms with E-state index < -0.39 is 0 Å². The molecule has 1 heterocycles. The van der Waals surface area contributed by atoms with Gasteiger partial charge in [0.1, 0.15) is 5.69 Å². The first-order valence-corrected chi connectivity index (χ1v) is 6.52. The topological polar surface area (TPSA) is 34.9 Å². The van der Waals surface area contributed by atoms with Gasteiger partial charge >= 0.3 is 0 Å². The minimum absolute atomic E-state index is 0.0875. The van der Waals surface area contributed by atoms with E-state index in [4.69, 9.17) is 11.6 Å². The first kappa shape index (κ1) is 13.8. The fourth-order valence-corrected chi connectivity index (χ4v) is 2.38. The molecule has 100 valence electrons. The van der Waals surface area contributed by atoms with Crippen LogP contribution in [0.25, 0.3) is 0 Å². The van der Waals surface area contributed by atoms with E-state index in [-0.39, 0.29) is 11.2 Å². The van der Waals surface area contributed by atoms with Gasteiger partial charge < -0.3 is 0 Å². The number of nitrogens with zero attached hydrogens (tertiary/aromatic N) is 2. The summed E-state index contributed by atoms with van der Waals surface area (Å²) in [7, 11) is 1.72. The molecule has 0 N–H and O–H groups in total. The fourth-order valence-electron chi connectivity index (χ4n) is 2.13. The molecule has 0 spiro atoms. The van der Waals surface area contributed by atoms with Crippen molar-refractivity contribution in [2.45, 2.75) is 26.2 Å². The minimum atomic E-state index is -0.0999. The molecule has 0 atom stereocenters. The van der Waals surface area contributed by atoms with Crippen molar-refractivity contribution in [1.29, 1.82) is 0 Å². The van der Waals surface area contributed by atoms with Crippen molar-refractivity contribution >= 4 is 17.4 Å². The number of halogens is 1. The number of aromatic nitrogens is 2. The Labute approximate surface area is 118 Å². The van der Waals surface area contributed by atoms with Crippen LogP contribution in [0, 0.1) is 0 Å². The zero-order valence-electron chi connectivity index (χ0n) is 11.6. The normalized spacial score (nSPS) is 11.6. The summed E-state index contributed by atoms with van der Waals surface area (Å²) in [5.41, 5.74) is 2.02. The Kier molecular flexibility index (Phi) is 3.50. The number of rotatable bonds is 2. The Morgan fingerprint density at radius 2 is 1.89 bits per heavy atom. The maximum absolute atomic E-state index is 12.7. The van der Waals surface area contributed by atoms with Crippen LogP contribution in [0.1, 0.15) is 42.4 Å². The number of carbonyl (C=O) groups excluding carboxylic acids is 1. The zero-order chi connectivity index (χ0) is 14.2. The largest absolute Gasteiger partial charge is 0.287 e. The van der Waals surface area contributed by atoms with Crippen molar-refractivity contribution in [2.75, 3.05) is 0 Å². The fraction of sp³-hybridized carbons (Fsp3) is 0.333. The summed E-state index contributed by atoms with van der Waals surface area (Å²) >= 11 is 6.05. The van der Waals surface area contributed by atoms with Gasteiger partial charge in [-0.05, 0) is 11.0 Å². The van der Waals surface area contributed by atoms with Gasteiger partial charge in [0.15, 0.2) is 0 Å². The molecule has 0 radical (unpaired) electrons. The van der Waals surface area contributed by atoms with Crippen LogP contribution in [-0.2, 0) is 12.5 Å². The van der Waals surface area contributed by atoms with Crippen LogP contribution in [-0.4, -0.2) is 15.6 Å². The Hall–Kier alpha value is -1.61. The standard InChI is InChI=1S/C15H17ClN2O/c1-15(2,3)11-8-6-5-7-10(11)14(19)13-12(16)9-17-18(13)4/h5-9H,1-4H3. The molecular weight excluding hydrogens is 260 g/mol. The second-order valence-electron chi connectivity index (χ2n) is 5.59. The van der Waals surface area contributed by atoms with E-state index in [1.165, 1.54) is 10.9 Å². The van der Waals surface area contributed by atoms with Crippen molar-refractivity contribution in [3.63, 3.8) is 0 Å². The third-order valence-corrected chi connectivity index (χ3v) is 3.37. The molecule has 1 aromatic heterocycles. The third kappa shape index (κ3) is 2.56. The first-order chi connectivity index (χ1) is 8.82. The minimum Gasteiger partial charge on any atom is -0.287 e. The second-order valence-corrected chi connectivity index (χ2v) is 6.00. The van der Waals surface area contributed by atoms with Crippen LogP contribution < -0.4 is 0 Å². The van der Waals surface area contributed by atoms with Gasteiger partial charge in [-0.15, -0.1) is 0 Å². The summed E-state index contributed by atoms with van der Waals surface area (Å²) in [6, 6.07) is 7.64. The van der Waals surface area contributed by atoms with E-state index in [1.807, 2.05) is 24.3 Å². The molecule has 2 aromatic rings. The molecule has 0 unspecified atom stereocenters. The van der Waals surface area contributed by atoms with Crippen molar-refractivity contribution in [1.82, 2.24) is 9.78 Å². The molecule has 0 saturated heterocycles. The SMILES string of the molecule is Cn1ncc(Cl)c1C(=O)c1ccccc1C(C)(C)C.